The van der Waals surface area contributed by atoms with Crippen molar-refractivity contribution in [2.75, 3.05) is 0 Å². The first kappa shape index (κ1) is 31.6. The lowest BCUT2D eigenvalue weighted by atomic mass is 9.93. The van der Waals surface area contributed by atoms with E-state index in [1.807, 2.05) is 60.8 Å². The van der Waals surface area contributed by atoms with E-state index in [9.17, 15) is 0 Å². The highest BCUT2D eigenvalue weighted by Gasteiger charge is 2.18. The fourth-order valence-corrected chi connectivity index (χ4v) is 8.16. The highest BCUT2D eigenvalue weighted by molar-refractivity contribution is 6.88. The van der Waals surface area contributed by atoms with Crippen LogP contribution in [0.1, 0.15) is 0 Å². The minimum atomic E-state index is -1.39. The fourth-order valence-electron chi connectivity index (χ4n) is 6.99. The summed E-state index contributed by atoms with van der Waals surface area (Å²) in [5.41, 5.74) is 5.59. The van der Waals surface area contributed by atoms with E-state index < -0.39 is 8.07 Å². The Labute approximate surface area is 303 Å². The Morgan fingerprint density at radius 1 is 0.346 bits per heavy atom. The van der Waals surface area contributed by atoms with Gasteiger partial charge in [-0.3, -0.25) is 0 Å². The third-order valence-corrected chi connectivity index (χ3v) is 11.8. The summed E-state index contributed by atoms with van der Waals surface area (Å²) in [5, 5.41) is 8.72. The van der Waals surface area contributed by atoms with Gasteiger partial charge in [0.05, 0.1) is 13.8 Å². The molecule has 248 valence electrons. The molecular weight excluding hydrogens is 651 g/mol. The Hall–Kier alpha value is -6.37. The summed E-state index contributed by atoms with van der Waals surface area (Å²) in [6.07, 6.45) is 1.83. The number of fused-ring (bicyclic) bond motifs is 6. The van der Waals surface area contributed by atoms with Crippen LogP contribution in [0.5, 0.6) is 0 Å². The first-order chi connectivity index (χ1) is 25.4. The van der Waals surface area contributed by atoms with Crippen LogP contribution in [-0.4, -0.2) is 33.0 Å². The molecule has 0 N–H and O–H groups in total. The van der Waals surface area contributed by atoms with Gasteiger partial charge in [0.25, 0.3) is 0 Å². The van der Waals surface area contributed by atoms with E-state index in [0.717, 1.165) is 33.5 Å². The third kappa shape index (κ3) is 5.83. The molecule has 0 saturated carbocycles. The van der Waals surface area contributed by atoms with Gasteiger partial charge in [0.1, 0.15) is 0 Å². The monoisotopic (exact) mass is 685 g/mol. The van der Waals surface area contributed by atoms with E-state index in [4.69, 9.17) is 19.9 Å². The molecule has 0 amide bonds. The van der Waals surface area contributed by atoms with Crippen LogP contribution in [-0.2, 0) is 0 Å². The Morgan fingerprint density at radius 2 is 0.827 bits per heavy atom. The van der Waals surface area contributed by atoms with Crippen molar-refractivity contribution < 1.29 is 0 Å². The second-order valence-corrected chi connectivity index (χ2v) is 19.3. The summed E-state index contributed by atoms with van der Waals surface area (Å²) in [4.78, 5) is 24.9. The lowest BCUT2D eigenvalue weighted by Gasteiger charge is -2.16. The van der Waals surface area contributed by atoms with Gasteiger partial charge in [-0.25, -0.2) is 24.9 Å². The summed E-state index contributed by atoms with van der Waals surface area (Å²) >= 11 is 0. The van der Waals surface area contributed by atoms with Crippen LogP contribution in [0.3, 0.4) is 0 Å². The van der Waals surface area contributed by atoms with E-state index >= 15 is 0 Å². The molecule has 7 aromatic carbocycles. The van der Waals surface area contributed by atoms with E-state index in [0.29, 0.717) is 23.3 Å². The Morgan fingerprint density at radius 3 is 1.44 bits per heavy atom. The molecule has 0 fully saturated rings. The Balaban J connectivity index is 1.16. The van der Waals surface area contributed by atoms with Crippen molar-refractivity contribution in [2.45, 2.75) is 19.6 Å². The molecule has 2 aromatic heterocycles. The van der Waals surface area contributed by atoms with Crippen LogP contribution < -0.4 is 5.19 Å². The summed E-state index contributed by atoms with van der Waals surface area (Å²) < 4.78 is 0. The second-order valence-electron chi connectivity index (χ2n) is 14.2. The van der Waals surface area contributed by atoms with Crippen LogP contribution in [0.15, 0.2) is 158 Å². The summed E-state index contributed by atoms with van der Waals surface area (Å²) in [7, 11) is -1.39. The van der Waals surface area contributed by atoms with Crippen LogP contribution >= 0.6 is 0 Å². The lowest BCUT2D eigenvalue weighted by molar-refractivity contribution is 1.07. The third-order valence-electron chi connectivity index (χ3n) is 9.75. The van der Waals surface area contributed by atoms with Crippen LogP contribution in [0.2, 0.25) is 19.6 Å². The Bertz CT molecular complexity index is 2740. The molecule has 9 aromatic rings. The molecule has 0 aliphatic rings. The van der Waals surface area contributed by atoms with E-state index in [2.05, 4.69) is 122 Å². The van der Waals surface area contributed by atoms with Crippen molar-refractivity contribution in [3.8, 4) is 56.8 Å². The molecule has 0 bridgehead atoms. The van der Waals surface area contributed by atoms with Crippen LogP contribution in [0, 0.1) is 0 Å². The fraction of sp³-hybridized carbons (Fsp3) is 0.0652. The minimum Gasteiger partial charge on any atom is -0.237 e. The molecule has 0 unspecified atom stereocenters. The van der Waals surface area contributed by atoms with Crippen molar-refractivity contribution in [1.29, 1.82) is 0 Å². The van der Waals surface area contributed by atoms with Gasteiger partial charge in [-0.15, -0.1) is 0 Å². The van der Waals surface area contributed by atoms with Gasteiger partial charge in [0.2, 0.25) is 0 Å². The van der Waals surface area contributed by atoms with E-state index in [-0.39, 0.29) is 0 Å². The predicted molar refractivity (Wildman–Crippen MR) is 218 cm³/mol. The molecule has 0 saturated heterocycles. The summed E-state index contributed by atoms with van der Waals surface area (Å²) in [6.45, 7) is 7.09. The van der Waals surface area contributed by atoms with Crippen molar-refractivity contribution in [3.63, 3.8) is 0 Å². The average Bonchev–Trinajstić information content (AvgIpc) is 3.21. The molecule has 6 heteroatoms. The maximum atomic E-state index is 5.12. The molecule has 0 atom stereocenters. The van der Waals surface area contributed by atoms with Gasteiger partial charge in [0.15, 0.2) is 23.3 Å². The highest BCUT2D eigenvalue weighted by atomic mass is 28.3. The SMILES string of the molecule is C[Si](C)(C)c1ccc(-c2ccnc(-c3cccc(-c4nc(-c5ccccc5)nc(-c5ccc6c7ccccc7c7ccccc7c6c5)n4)c3)n2)cc1. The second kappa shape index (κ2) is 12.7. The number of benzene rings is 7. The molecule has 5 nitrogen and oxygen atoms in total. The minimum absolute atomic E-state index is 0.590. The molecule has 0 radical (unpaired) electrons. The topological polar surface area (TPSA) is 64.5 Å². The zero-order chi connectivity index (χ0) is 35.2. The van der Waals surface area contributed by atoms with Crippen molar-refractivity contribution in [3.05, 3.63) is 158 Å². The quantitative estimate of drug-likeness (QED) is 0.129. The smallest absolute Gasteiger partial charge is 0.164 e. The molecule has 9 rings (SSSR count). The van der Waals surface area contributed by atoms with E-state index in [1.165, 1.54) is 37.5 Å². The maximum absolute atomic E-state index is 5.12. The number of aromatic nitrogens is 5. The zero-order valence-corrected chi connectivity index (χ0v) is 30.2. The first-order valence-corrected chi connectivity index (χ1v) is 21.1. The molecule has 2 heterocycles. The van der Waals surface area contributed by atoms with Crippen LogP contribution in [0.25, 0.3) is 89.1 Å². The average molecular weight is 686 g/mol. The van der Waals surface area contributed by atoms with Crippen molar-refractivity contribution in [2.24, 2.45) is 0 Å². The van der Waals surface area contributed by atoms with Gasteiger partial charge in [-0.1, -0.05) is 158 Å². The maximum Gasteiger partial charge on any atom is 0.164 e. The molecular formula is C46H35N5Si. The van der Waals surface area contributed by atoms with Crippen LogP contribution in [0.4, 0.5) is 0 Å². The highest BCUT2D eigenvalue weighted by Crippen LogP contribution is 2.37. The summed E-state index contributed by atoms with van der Waals surface area (Å²) in [6, 6.07) is 52.9. The zero-order valence-electron chi connectivity index (χ0n) is 29.2. The van der Waals surface area contributed by atoms with Gasteiger partial charge in [0, 0.05) is 34.0 Å². The summed E-state index contributed by atoms with van der Waals surface area (Å²) in [5.74, 6) is 2.48. The number of hydrogen-bond donors (Lipinski definition) is 0. The Kier molecular flexibility index (Phi) is 7.75. The number of rotatable bonds is 6. The molecule has 0 aliphatic carbocycles. The number of hydrogen-bond acceptors (Lipinski definition) is 5. The number of nitrogens with zero attached hydrogens (tertiary/aromatic N) is 5. The normalized spacial score (nSPS) is 11.8. The van der Waals surface area contributed by atoms with Gasteiger partial charge in [-0.05, 0) is 50.5 Å². The van der Waals surface area contributed by atoms with E-state index in [1.54, 1.807) is 0 Å². The largest absolute Gasteiger partial charge is 0.237 e. The van der Waals surface area contributed by atoms with Gasteiger partial charge >= 0.3 is 0 Å². The lowest BCUT2D eigenvalue weighted by Crippen LogP contribution is -2.37. The predicted octanol–water partition coefficient (Wildman–Crippen LogP) is 11.0. The van der Waals surface area contributed by atoms with Gasteiger partial charge < -0.3 is 0 Å². The van der Waals surface area contributed by atoms with Crippen molar-refractivity contribution in [1.82, 2.24) is 24.9 Å². The molecule has 0 aliphatic heterocycles. The molecule has 52 heavy (non-hydrogen) atoms. The first-order valence-electron chi connectivity index (χ1n) is 17.6. The van der Waals surface area contributed by atoms with Crippen molar-refractivity contribution >= 4 is 45.6 Å². The molecule has 0 spiro atoms. The standard InChI is InChI=1S/C46H35N5Si/c1-52(2,3)35-23-20-30(21-24-35)42-26-27-47-43(48-42)32-14-11-15-33(28-32)45-49-44(31-12-5-4-6-13-31)50-46(51-45)34-22-25-40-38-18-8-7-16-36(38)37-17-9-10-19-39(37)41(40)29-34/h4-29H,1-3H3. The van der Waals surface area contributed by atoms with Gasteiger partial charge in [-0.2, -0.15) is 0 Å².